The highest BCUT2D eigenvalue weighted by Gasteiger charge is 2.14. The van der Waals surface area contributed by atoms with Crippen LogP contribution in [-0.2, 0) is 9.59 Å². The molecular formula is C10H20N2O3. The molecule has 2 saturated heterocycles. The van der Waals surface area contributed by atoms with E-state index in [1.807, 2.05) is 14.1 Å². The highest BCUT2D eigenvalue weighted by atomic mass is 16.2. The summed E-state index contributed by atoms with van der Waals surface area (Å²) in [6, 6.07) is 0. The average Bonchev–Trinajstić information content (AvgIpc) is 2.67. The van der Waals surface area contributed by atoms with Crippen LogP contribution in [0, 0.1) is 0 Å². The van der Waals surface area contributed by atoms with Gasteiger partial charge in [-0.2, -0.15) is 0 Å². The first-order chi connectivity index (χ1) is 6.61. The van der Waals surface area contributed by atoms with Gasteiger partial charge in [-0.25, -0.2) is 0 Å². The van der Waals surface area contributed by atoms with Crippen molar-refractivity contribution in [3.63, 3.8) is 0 Å². The van der Waals surface area contributed by atoms with Crippen molar-refractivity contribution in [2.75, 3.05) is 27.2 Å². The van der Waals surface area contributed by atoms with E-state index in [0.717, 1.165) is 38.8 Å². The Balaban J connectivity index is 0.000000245. The van der Waals surface area contributed by atoms with Gasteiger partial charge in [-0.05, 0) is 12.8 Å². The van der Waals surface area contributed by atoms with Crippen LogP contribution in [0.5, 0.6) is 0 Å². The number of hydrogen-bond donors (Lipinski definition) is 0. The number of hydrogen-bond acceptors (Lipinski definition) is 2. The molecule has 2 aliphatic heterocycles. The Bertz CT molecular complexity index is 207. The quantitative estimate of drug-likeness (QED) is 0.555. The minimum Gasteiger partial charge on any atom is -0.412 e. The smallest absolute Gasteiger partial charge is 0.222 e. The lowest BCUT2D eigenvalue weighted by Gasteiger charge is -2.03. The molecule has 2 N–H and O–H groups in total. The largest absolute Gasteiger partial charge is 0.412 e. The van der Waals surface area contributed by atoms with Crippen molar-refractivity contribution in [2.24, 2.45) is 0 Å². The van der Waals surface area contributed by atoms with E-state index in [-0.39, 0.29) is 5.48 Å². The minimum atomic E-state index is 0. The molecule has 2 fully saturated rings. The highest BCUT2D eigenvalue weighted by Crippen LogP contribution is 2.05. The van der Waals surface area contributed by atoms with Crippen molar-refractivity contribution in [2.45, 2.75) is 25.7 Å². The van der Waals surface area contributed by atoms with Crippen LogP contribution < -0.4 is 0 Å². The van der Waals surface area contributed by atoms with Crippen molar-refractivity contribution in [3.8, 4) is 0 Å². The van der Waals surface area contributed by atoms with Gasteiger partial charge in [0.1, 0.15) is 0 Å². The molecule has 0 spiro atoms. The third-order valence-electron chi connectivity index (χ3n) is 2.62. The summed E-state index contributed by atoms with van der Waals surface area (Å²) in [7, 11) is 3.69. The maximum atomic E-state index is 10.5. The molecule has 2 aliphatic rings. The van der Waals surface area contributed by atoms with Crippen LogP contribution in [0.25, 0.3) is 0 Å². The van der Waals surface area contributed by atoms with E-state index in [9.17, 15) is 9.59 Å². The Morgan fingerprint density at radius 2 is 1.20 bits per heavy atom. The lowest BCUT2D eigenvalue weighted by Crippen LogP contribution is -2.17. The Labute approximate surface area is 90.3 Å². The molecule has 2 amide bonds. The molecular weight excluding hydrogens is 196 g/mol. The molecule has 88 valence electrons. The van der Waals surface area contributed by atoms with Crippen LogP contribution in [0.3, 0.4) is 0 Å². The normalized spacial score (nSPS) is 19.9. The van der Waals surface area contributed by atoms with Gasteiger partial charge in [0.15, 0.2) is 0 Å². The third-order valence-corrected chi connectivity index (χ3v) is 2.62. The van der Waals surface area contributed by atoms with Gasteiger partial charge in [0.25, 0.3) is 0 Å². The van der Waals surface area contributed by atoms with Gasteiger partial charge in [-0.3, -0.25) is 9.59 Å². The molecule has 5 nitrogen and oxygen atoms in total. The molecule has 5 heteroatoms. The molecule has 2 rings (SSSR count). The fourth-order valence-electron chi connectivity index (χ4n) is 1.57. The van der Waals surface area contributed by atoms with Gasteiger partial charge < -0.3 is 15.3 Å². The lowest BCUT2D eigenvalue weighted by atomic mass is 10.4. The molecule has 0 radical (unpaired) electrons. The summed E-state index contributed by atoms with van der Waals surface area (Å²) >= 11 is 0. The topological polar surface area (TPSA) is 72.1 Å². The average molecular weight is 216 g/mol. The van der Waals surface area contributed by atoms with Crippen LogP contribution in [0.4, 0.5) is 0 Å². The Hall–Kier alpha value is -1.10. The monoisotopic (exact) mass is 216 g/mol. The molecule has 0 atom stereocenters. The summed E-state index contributed by atoms with van der Waals surface area (Å²) in [5, 5.41) is 0. The second-order valence-electron chi connectivity index (χ2n) is 3.84. The van der Waals surface area contributed by atoms with Crippen molar-refractivity contribution >= 4 is 11.8 Å². The molecule has 0 unspecified atom stereocenters. The van der Waals surface area contributed by atoms with Crippen LogP contribution in [0.2, 0.25) is 0 Å². The van der Waals surface area contributed by atoms with Gasteiger partial charge in [0.05, 0.1) is 0 Å². The van der Waals surface area contributed by atoms with Crippen LogP contribution in [-0.4, -0.2) is 54.3 Å². The molecule has 0 aliphatic carbocycles. The number of likely N-dealkylation sites (tertiary alicyclic amines) is 2. The summed E-state index contributed by atoms with van der Waals surface area (Å²) < 4.78 is 0. The van der Waals surface area contributed by atoms with Crippen LogP contribution >= 0.6 is 0 Å². The van der Waals surface area contributed by atoms with Gasteiger partial charge in [0.2, 0.25) is 11.8 Å². The second-order valence-corrected chi connectivity index (χ2v) is 3.84. The Kier molecular flexibility index (Phi) is 5.93. The molecule has 0 saturated carbocycles. The SMILES string of the molecule is CN1CCCC1=O.CN1CCCC1=O.O. The number of amides is 2. The molecule has 2 heterocycles. The first kappa shape index (κ1) is 13.9. The molecule has 0 aromatic rings. The molecule has 0 aromatic carbocycles. The predicted molar refractivity (Wildman–Crippen MR) is 57.4 cm³/mol. The summed E-state index contributed by atoms with van der Waals surface area (Å²) in [5.41, 5.74) is 0. The van der Waals surface area contributed by atoms with E-state index >= 15 is 0 Å². The number of nitrogens with zero attached hydrogens (tertiary/aromatic N) is 2. The summed E-state index contributed by atoms with van der Waals surface area (Å²) in [6.07, 6.45) is 3.62. The van der Waals surface area contributed by atoms with E-state index in [2.05, 4.69) is 0 Å². The first-order valence-electron chi connectivity index (χ1n) is 5.09. The molecule has 0 bridgehead atoms. The van der Waals surface area contributed by atoms with Crippen molar-refractivity contribution in [1.29, 1.82) is 0 Å². The van der Waals surface area contributed by atoms with E-state index in [1.165, 1.54) is 0 Å². The van der Waals surface area contributed by atoms with E-state index in [4.69, 9.17) is 0 Å². The lowest BCUT2D eigenvalue weighted by molar-refractivity contribution is -0.127. The fraction of sp³-hybridized carbons (Fsp3) is 0.800. The minimum absolute atomic E-state index is 0. The zero-order valence-electron chi connectivity index (χ0n) is 9.45. The van der Waals surface area contributed by atoms with E-state index < -0.39 is 0 Å². The second kappa shape index (κ2) is 6.40. The summed E-state index contributed by atoms with van der Waals surface area (Å²) in [4.78, 5) is 24.5. The van der Waals surface area contributed by atoms with Gasteiger partial charge in [0, 0.05) is 40.0 Å². The Morgan fingerprint density at radius 1 is 0.867 bits per heavy atom. The van der Waals surface area contributed by atoms with Crippen molar-refractivity contribution in [1.82, 2.24) is 9.80 Å². The van der Waals surface area contributed by atoms with E-state index in [1.54, 1.807) is 9.80 Å². The Morgan fingerprint density at radius 3 is 1.27 bits per heavy atom. The number of rotatable bonds is 0. The maximum absolute atomic E-state index is 10.5. The first-order valence-corrected chi connectivity index (χ1v) is 5.09. The number of carbonyl (C=O) groups excluding carboxylic acids is 2. The fourth-order valence-corrected chi connectivity index (χ4v) is 1.57. The van der Waals surface area contributed by atoms with Crippen LogP contribution in [0.15, 0.2) is 0 Å². The standard InChI is InChI=1S/2C5H9NO.H2O/c2*1-6-4-2-3-5(6)7;/h2*2-4H2,1H3;1H2. The van der Waals surface area contributed by atoms with Crippen molar-refractivity contribution < 1.29 is 15.1 Å². The summed E-state index contributed by atoms with van der Waals surface area (Å²) in [6.45, 7) is 1.91. The molecule has 0 aromatic heterocycles. The maximum Gasteiger partial charge on any atom is 0.222 e. The number of carbonyl (C=O) groups is 2. The highest BCUT2D eigenvalue weighted by molar-refractivity contribution is 5.77. The van der Waals surface area contributed by atoms with Gasteiger partial charge in [-0.1, -0.05) is 0 Å². The third kappa shape index (κ3) is 4.29. The zero-order chi connectivity index (χ0) is 10.6. The van der Waals surface area contributed by atoms with Crippen LogP contribution in [0.1, 0.15) is 25.7 Å². The van der Waals surface area contributed by atoms with Gasteiger partial charge >= 0.3 is 0 Å². The summed E-state index contributed by atoms with van der Waals surface area (Å²) in [5.74, 6) is 0.583. The molecule has 15 heavy (non-hydrogen) atoms. The van der Waals surface area contributed by atoms with E-state index in [0.29, 0.717) is 11.8 Å². The predicted octanol–water partition coefficient (Wildman–Crippen LogP) is -0.348. The van der Waals surface area contributed by atoms with Crippen molar-refractivity contribution in [3.05, 3.63) is 0 Å². The zero-order valence-corrected chi connectivity index (χ0v) is 9.45. The van der Waals surface area contributed by atoms with Gasteiger partial charge in [-0.15, -0.1) is 0 Å².